The molecule has 0 amide bonds. The molecule has 0 spiro atoms. The summed E-state index contributed by atoms with van der Waals surface area (Å²) >= 11 is 0. The molecule has 100 valence electrons. The molecule has 0 radical (unpaired) electrons. The first-order valence-corrected chi connectivity index (χ1v) is 7.08. The van der Waals surface area contributed by atoms with Gasteiger partial charge in [0.1, 0.15) is 5.76 Å². The van der Waals surface area contributed by atoms with E-state index in [0.29, 0.717) is 11.8 Å². The normalized spacial score (nSPS) is 21.5. The van der Waals surface area contributed by atoms with E-state index in [9.17, 15) is 0 Å². The zero-order chi connectivity index (χ0) is 13.1. The quantitative estimate of drug-likeness (QED) is 0.804. The Labute approximate surface area is 114 Å². The van der Waals surface area contributed by atoms with Gasteiger partial charge in [-0.05, 0) is 30.9 Å². The van der Waals surface area contributed by atoms with Crippen LogP contribution >= 0.6 is 0 Å². The van der Waals surface area contributed by atoms with E-state index in [1.807, 2.05) is 6.20 Å². The number of aromatic nitrogens is 1. The Bertz CT molecular complexity index is 521. The zero-order valence-electron chi connectivity index (χ0n) is 11.3. The molecule has 19 heavy (non-hydrogen) atoms. The molecular weight excluding hydrogens is 236 g/mol. The lowest BCUT2D eigenvalue weighted by Crippen LogP contribution is -2.13. The summed E-state index contributed by atoms with van der Waals surface area (Å²) in [6.45, 7) is 3.90. The molecule has 2 aromatic rings. The van der Waals surface area contributed by atoms with Crippen molar-refractivity contribution in [2.45, 2.75) is 38.1 Å². The number of rotatable bonds is 6. The van der Waals surface area contributed by atoms with Gasteiger partial charge >= 0.3 is 0 Å². The van der Waals surface area contributed by atoms with Gasteiger partial charge in [0.25, 0.3) is 0 Å². The van der Waals surface area contributed by atoms with Crippen LogP contribution in [-0.4, -0.2) is 11.5 Å². The molecule has 0 saturated heterocycles. The summed E-state index contributed by atoms with van der Waals surface area (Å²) in [5.74, 6) is 2.99. The van der Waals surface area contributed by atoms with Gasteiger partial charge in [0.2, 0.25) is 5.89 Å². The molecule has 1 aromatic carbocycles. The molecule has 1 saturated carbocycles. The van der Waals surface area contributed by atoms with Crippen LogP contribution in [0.2, 0.25) is 0 Å². The van der Waals surface area contributed by atoms with Crippen molar-refractivity contribution in [3.63, 3.8) is 0 Å². The minimum absolute atomic E-state index is 0.523. The van der Waals surface area contributed by atoms with Crippen LogP contribution in [0.5, 0.6) is 0 Å². The Kier molecular flexibility index (Phi) is 3.65. The number of benzene rings is 1. The van der Waals surface area contributed by atoms with E-state index in [4.69, 9.17) is 4.42 Å². The fourth-order valence-corrected chi connectivity index (χ4v) is 2.53. The molecule has 3 nitrogen and oxygen atoms in total. The summed E-state index contributed by atoms with van der Waals surface area (Å²) in [4.78, 5) is 4.35. The van der Waals surface area contributed by atoms with Crippen molar-refractivity contribution in [1.82, 2.24) is 10.3 Å². The molecule has 1 heterocycles. The zero-order valence-corrected chi connectivity index (χ0v) is 11.3. The first kappa shape index (κ1) is 12.4. The average Bonchev–Trinajstić information content (AvgIpc) is 3.12. The third-order valence-corrected chi connectivity index (χ3v) is 3.66. The minimum Gasteiger partial charge on any atom is -0.444 e. The fourth-order valence-electron chi connectivity index (χ4n) is 2.53. The molecule has 1 fully saturated rings. The monoisotopic (exact) mass is 256 g/mol. The predicted molar refractivity (Wildman–Crippen MR) is 75.0 cm³/mol. The van der Waals surface area contributed by atoms with Gasteiger partial charge < -0.3 is 9.73 Å². The lowest BCUT2D eigenvalue weighted by molar-refractivity contribution is 0.435. The molecule has 1 N–H and O–H groups in total. The lowest BCUT2D eigenvalue weighted by atomic mass is 10.1. The van der Waals surface area contributed by atoms with Crippen LogP contribution < -0.4 is 5.32 Å². The summed E-state index contributed by atoms with van der Waals surface area (Å²) in [6, 6.07) is 10.7. The smallest absolute Gasteiger partial charge is 0.208 e. The highest BCUT2D eigenvalue weighted by molar-refractivity contribution is 5.31. The molecule has 3 rings (SSSR count). The van der Waals surface area contributed by atoms with Crippen molar-refractivity contribution in [3.05, 3.63) is 53.7 Å². The van der Waals surface area contributed by atoms with Gasteiger partial charge in [0.15, 0.2) is 0 Å². The first-order valence-electron chi connectivity index (χ1n) is 7.08. The summed E-state index contributed by atoms with van der Waals surface area (Å²) in [5, 5.41) is 3.31. The third kappa shape index (κ3) is 2.87. The summed E-state index contributed by atoms with van der Waals surface area (Å²) in [7, 11) is 0. The van der Waals surface area contributed by atoms with Gasteiger partial charge in [0.05, 0.1) is 12.7 Å². The second kappa shape index (κ2) is 5.57. The van der Waals surface area contributed by atoms with E-state index in [0.717, 1.165) is 31.2 Å². The van der Waals surface area contributed by atoms with E-state index in [1.165, 1.54) is 12.0 Å². The van der Waals surface area contributed by atoms with Crippen LogP contribution in [0.1, 0.15) is 48.8 Å². The van der Waals surface area contributed by atoms with Crippen molar-refractivity contribution in [3.8, 4) is 0 Å². The summed E-state index contributed by atoms with van der Waals surface area (Å²) in [5.41, 5.74) is 1.41. The van der Waals surface area contributed by atoms with Gasteiger partial charge in [-0.1, -0.05) is 37.3 Å². The molecule has 2 unspecified atom stereocenters. The van der Waals surface area contributed by atoms with Crippen LogP contribution in [-0.2, 0) is 6.54 Å². The van der Waals surface area contributed by atoms with E-state index < -0.39 is 0 Å². The largest absolute Gasteiger partial charge is 0.444 e. The number of hydrogen-bond acceptors (Lipinski definition) is 3. The van der Waals surface area contributed by atoms with E-state index >= 15 is 0 Å². The number of nitrogens with one attached hydrogen (secondary N) is 1. The predicted octanol–water partition coefficient (Wildman–Crippen LogP) is 3.45. The number of nitrogens with zero attached hydrogens (tertiary/aromatic N) is 1. The maximum atomic E-state index is 5.83. The topological polar surface area (TPSA) is 38.1 Å². The number of oxazole rings is 1. The van der Waals surface area contributed by atoms with Crippen LogP contribution in [0.25, 0.3) is 0 Å². The second-order valence-electron chi connectivity index (χ2n) is 5.19. The standard InChI is InChI=1S/C16H20N2O/c1-2-8-17-11-16-18-10-15(19-16)14-9-13(14)12-6-4-3-5-7-12/h3-7,10,13-14,17H,2,8-9,11H2,1H3. The average molecular weight is 256 g/mol. The van der Waals surface area contributed by atoms with E-state index in [-0.39, 0.29) is 0 Å². The van der Waals surface area contributed by atoms with Gasteiger partial charge in [-0.2, -0.15) is 0 Å². The Morgan fingerprint density at radius 3 is 2.89 bits per heavy atom. The first-order chi connectivity index (χ1) is 9.38. The van der Waals surface area contributed by atoms with Crippen molar-refractivity contribution in [2.24, 2.45) is 0 Å². The maximum absolute atomic E-state index is 5.83. The highest BCUT2D eigenvalue weighted by atomic mass is 16.4. The second-order valence-corrected chi connectivity index (χ2v) is 5.19. The Balaban J connectivity index is 1.59. The van der Waals surface area contributed by atoms with Gasteiger partial charge in [-0.3, -0.25) is 0 Å². The van der Waals surface area contributed by atoms with Crippen LogP contribution in [0.3, 0.4) is 0 Å². The van der Waals surface area contributed by atoms with E-state index in [2.05, 4.69) is 47.6 Å². The molecule has 2 atom stereocenters. The molecule has 3 heteroatoms. The Hall–Kier alpha value is -1.61. The minimum atomic E-state index is 0.523. The highest BCUT2D eigenvalue weighted by Gasteiger charge is 2.41. The van der Waals surface area contributed by atoms with Crippen molar-refractivity contribution >= 4 is 0 Å². The van der Waals surface area contributed by atoms with Crippen molar-refractivity contribution in [1.29, 1.82) is 0 Å². The highest BCUT2D eigenvalue weighted by Crippen LogP contribution is 2.54. The molecule has 0 bridgehead atoms. The van der Waals surface area contributed by atoms with Crippen molar-refractivity contribution < 1.29 is 4.42 Å². The van der Waals surface area contributed by atoms with E-state index in [1.54, 1.807) is 0 Å². The van der Waals surface area contributed by atoms with Gasteiger partial charge in [-0.25, -0.2) is 4.98 Å². The van der Waals surface area contributed by atoms with Gasteiger partial charge in [-0.15, -0.1) is 0 Å². The molecule has 1 aromatic heterocycles. The number of hydrogen-bond donors (Lipinski definition) is 1. The third-order valence-electron chi connectivity index (χ3n) is 3.66. The Morgan fingerprint density at radius 1 is 1.26 bits per heavy atom. The van der Waals surface area contributed by atoms with Crippen LogP contribution in [0, 0.1) is 0 Å². The van der Waals surface area contributed by atoms with Crippen LogP contribution in [0.15, 0.2) is 40.9 Å². The molecule has 0 aliphatic heterocycles. The fraction of sp³-hybridized carbons (Fsp3) is 0.438. The maximum Gasteiger partial charge on any atom is 0.208 e. The van der Waals surface area contributed by atoms with Crippen molar-refractivity contribution in [2.75, 3.05) is 6.54 Å². The Morgan fingerprint density at radius 2 is 2.11 bits per heavy atom. The molecule has 1 aliphatic carbocycles. The van der Waals surface area contributed by atoms with Crippen LogP contribution in [0.4, 0.5) is 0 Å². The summed E-state index contributed by atoms with van der Waals surface area (Å²) in [6.07, 6.45) is 4.21. The SMILES string of the molecule is CCCNCc1ncc(C2CC2c2ccccc2)o1. The molecular formula is C16H20N2O. The van der Waals surface area contributed by atoms with Gasteiger partial charge in [0, 0.05) is 5.92 Å². The molecule has 1 aliphatic rings. The summed E-state index contributed by atoms with van der Waals surface area (Å²) < 4.78 is 5.83. The lowest BCUT2D eigenvalue weighted by Gasteiger charge is -1.99.